The molecule has 7 nitrogen and oxygen atoms in total. The highest BCUT2D eigenvalue weighted by molar-refractivity contribution is 7.98. The van der Waals surface area contributed by atoms with Gasteiger partial charge in [0.15, 0.2) is 5.92 Å². The number of amides is 2. The van der Waals surface area contributed by atoms with Crippen molar-refractivity contribution in [2.75, 3.05) is 38.2 Å². The second-order valence-corrected chi connectivity index (χ2v) is 8.93. The van der Waals surface area contributed by atoms with Crippen molar-refractivity contribution in [3.05, 3.63) is 59.7 Å². The third kappa shape index (κ3) is 6.47. The van der Waals surface area contributed by atoms with Gasteiger partial charge in [-0.2, -0.15) is 24.9 Å². The number of hydrogen-bond donors (Lipinski definition) is 2. The van der Waals surface area contributed by atoms with Gasteiger partial charge in [0.25, 0.3) is 0 Å². The Bertz CT molecular complexity index is 1030. The highest BCUT2D eigenvalue weighted by atomic mass is 32.2. The molecule has 0 aliphatic heterocycles. The smallest absolute Gasteiger partial charge is 0.407 e. The summed E-state index contributed by atoms with van der Waals surface area (Å²) >= 11 is 1.26. The van der Waals surface area contributed by atoms with E-state index in [9.17, 15) is 27.6 Å². The number of carboxylic acids is 1. The second-order valence-electron chi connectivity index (χ2n) is 7.95. The predicted octanol–water partition coefficient (Wildman–Crippen LogP) is 3.98. The Kier molecular flexibility index (Phi) is 8.66. The minimum atomic E-state index is -4.98. The molecule has 1 unspecified atom stereocenters. The van der Waals surface area contributed by atoms with E-state index in [2.05, 4.69) is 0 Å². The number of ether oxygens (including phenoxy) is 1. The molecule has 2 amide bonds. The molecule has 2 N–H and O–H groups in total. The Balaban J connectivity index is 1.64. The van der Waals surface area contributed by atoms with Crippen LogP contribution in [0.2, 0.25) is 0 Å². The molecule has 2 aromatic carbocycles. The first-order valence-electron chi connectivity index (χ1n) is 10.8. The lowest BCUT2D eigenvalue weighted by Crippen LogP contribution is -2.49. The second kappa shape index (κ2) is 11.5. The first kappa shape index (κ1) is 26.4. The van der Waals surface area contributed by atoms with Crippen molar-refractivity contribution >= 4 is 29.7 Å². The standard InChI is InChI=1S/C24H25F3N2O5S/c1-35-11-10-29(13-21(30)31)22(32)20(24(25,26)27)12-28-23(33)34-14-19-17-8-4-2-6-15(17)16-7-3-5-9-18(16)19/h2-9,19-20H,10-14H2,1H3,(H,28,33)(H,30,31). The molecule has 35 heavy (non-hydrogen) atoms. The largest absolute Gasteiger partial charge is 0.480 e. The summed E-state index contributed by atoms with van der Waals surface area (Å²) in [5.41, 5.74) is 3.90. The molecule has 0 bridgehead atoms. The van der Waals surface area contributed by atoms with Gasteiger partial charge in [0.1, 0.15) is 13.2 Å². The Morgan fingerprint density at radius 3 is 2.17 bits per heavy atom. The summed E-state index contributed by atoms with van der Waals surface area (Å²) in [5.74, 6) is -5.43. The molecule has 1 atom stereocenters. The monoisotopic (exact) mass is 510 g/mol. The van der Waals surface area contributed by atoms with Gasteiger partial charge in [-0.15, -0.1) is 0 Å². The van der Waals surface area contributed by atoms with E-state index in [0.717, 1.165) is 22.3 Å². The number of carboxylic acid groups (broad SMARTS) is 1. The van der Waals surface area contributed by atoms with Crippen LogP contribution in [-0.2, 0) is 14.3 Å². The van der Waals surface area contributed by atoms with Gasteiger partial charge in [-0.1, -0.05) is 48.5 Å². The first-order chi connectivity index (χ1) is 16.6. The number of nitrogens with one attached hydrogen (secondary N) is 1. The predicted molar refractivity (Wildman–Crippen MR) is 125 cm³/mol. The van der Waals surface area contributed by atoms with Crippen LogP contribution in [0.15, 0.2) is 48.5 Å². The van der Waals surface area contributed by atoms with Gasteiger partial charge in [0.05, 0.1) is 0 Å². The lowest BCUT2D eigenvalue weighted by Gasteiger charge is -2.27. The molecule has 0 saturated heterocycles. The number of hydrogen-bond acceptors (Lipinski definition) is 5. The number of thioether (sulfide) groups is 1. The van der Waals surface area contributed by atoms with Crippen molar-refractivity contribution in [3.63, 3.8) is 0 Å². The van der Waals surface area contributed by atoms with Crippen LogP contribution in [0.3, 0.4) is 0 Å². The fraction of sp³-hybridized carbons (Fsp3) is 0.375. The molecule has 0 heterocycles. The number of fused-ring (bicyclic) bond motifs is 3. The highest BCUT2D eigenvalue weighted by Crippen LogP contribution is 2.44. The lowest BCUT2D eigenvalue weighted by atomic mass is 9.98. The zero-order valence-corrected chi connectivity index (χ0v) is 19.7. The van der Waals surface area contributed by atoms with Gasteiger partial charge < -0.3 is 20.1 Å². The summed E-state index contributed by atoms with van der Waals surface area (Å²) in [7, 11) is 0. The van der Waals surface area contributed by atoms with Gasteiger partial charge in [0, 0.05) is 24.8 Å². The summed E-state index contributed by atoms with van der Waals surface area (Å²) in [6, 6.07) is 15.2. The number of nitrogens with zero attached hydrogens (tertiary/aromatic N) is 1. The molecule has 1 aliphatic rings. The number of carbonyl (C=O) groups is 3. The van der Waals surface area contributed by atoms with Crippen molar-refractivity contribution < 1.29 is 37.4 Å². The molecule has 11 heteroatoms. The molecule has 188 valence electrons. The van der Waals surface area contributed by atoms with Gasteiger partial charge in [0.2, 0.25) is 5.91 Å². The molecule has 0 saturated carbocycles. The van der Waals surface area contributed by atoms with Gasteiger partial charge in [-0.05, 0) is 28.5 Å². The lowest BCUT2D eigenvalue weighted by molar-refractivity contribution is -0.188. The van der Waals surface area contributed by atoms with E-state index >= 15 is 0 Å². The topological polar surface area (TPSA) is 95.9 Å². The zero-order chi connectivity index (χ0) is 25.6. The van der Waals surface area contributed by atoms with Crippen LogP contribution < -0.4 is 5.32 Å². The first-order valence-corrected chi connectivity index (χ1v) is 12.2. The van der Waals surface area contributed by atoms with Crippen LogP contribution in [0, 0.1) is 5.92 Å². The summed E-state index contributed by atoms with van der Waals surface area (Å²) in [4.78, 5) is 36.5. The number of aliphatic carboxylic acids is 1. The van der Waals surface area contributed by atoms with Gasteiger partial charge >= 0.3 is 18.2 Å². The minimum absolute atomic E-state index is 0.0939. The number of halogens is 3. The molecular weight excluding hydrogens is 485 g/mol. The third-order valence-electron chi connectivity index (χ3n) is 5.69. The molecule has 3 rings (SSSR count). The van der Waals surface area contributed by atoms with Gasteiger partial charge in [-0.3, -0.25) is 9.59 Å². The number of carbonyl (C=O) groups excluding carboxylic acids is 2. The third-order valence-corrected chi connectivity index (χ3v) is 6.28. The fourth-order valence-corrected chi connectivity index (χ4v) is 4.43. The van der Waals surface area contributed by atoms with E-state index < -0.39 is 43.2 Å². The maximum Gasteiger partial charge on any atom is 0.407 e. The Hall–Kier alpha value is -3.21. The number of benzene rings is 2. The summed E-state index contributed by atoms with van der Waals surface area (Å²) in [5, 5.41) is 11.0. The summed E-state index contributed by atoms with van der Waals surface area (Å²) in [6.07, 6.45) is -4.39. The molecule has 2 aromatic rings. The van der Waals surface area contributed by atoms with Gasteiger partial charge in [-0.25, -0.2) is 4.79 Å². The van der Waals surface area contributed by atoms with E-state index in [-0.39, 0.29) is 24.8 Å². The van der Waals surface area contributed by atoms with Crippen LogP contribution in [0.4, 0.5) is 18.0 Å². The maximum atomic E-state index is 13.6. The molecule has 0 fully saturated rings. The number of alkyl halides is 3. The van der Waals surface area contributed by atoms with Crippen molar-refractivity contribution in [1.29, 1.82) is 0 Å². The fourth-order valence-electron chi connectivity index (χ4n) is 4.03. The quantitative estimate of drug-likeness (QED) is 0.502. The Labute approximate surface area is 204 Å². The molecule has 0 spiro atoms. The van der Waals surface area contributed by atoms with E-state index in [1.54, 1.807) is 6.26 Å². The van der Waals surface area contributed by atoms with E-state index in [1.165, 1.54) is 11.8 Å². The Morgan fingerprint density at radius 2 is 1.66 bits per heavy atom. The van der Waals surface area contributed by atoms with Crippen LogP contribution >= 0.6 is 11.8 Å². The molecule has 0 radical (unpaired) electrons. The van der Waals surface area contributed by atoms with Crippen molar-refractivity contribution in [2.45, 2.75) is 12.1 Å². The highest BCUT2D eigenvalue weighted by Gasteiger charge is 2.47. The van der Waals surface area contributed by atoms with Crippen LogP contribution in [-0.4, -0.2) is 72.4 Å². The minimum Gasteiger partial charge on any atom is -0.480 e. The van der Waals surface area contributed by atoms with E-state index in [0.29, 0.717) is 4.90 Å². The average molecular weight is 511 g/mol. The number of rotatable bonds is 10. The average Bonchev–Trinajstić information content (AvgIpc) is 3.13. The summed E-state index contributed by atoms with van der Waals surface area (Å²) < 4.78 is 46.1. The van der Waals surface area contributed by atoms with Crippen molar-refractivity contribution in [3.8, 4) is 11.1 Å². The van der Waals surface area contributed by atoms with E-state index in [1.807, 2.05) is 53.8 Å². The molecule has 0 aromatic heterocycles. The molecular formula is C24H25F3N2O5S. The normalized spacial score (nSPS) is 13.5. The number of alkyl carbamates (subject to hydrolysis) is 1. The zero-order valence-electron chi connectivity index (χ0n) is 18.9. The van der Waals surface area contributed by atoms with Crippen molar-refractivity contribution in [2.24, 2.45) is 5.92 Å². The summed E-state index contributed by atoms with van der Waals surface area (Å²) in [6.45, 7) is -2.18. The molecule has 1 aliphatic carbocycles. The van der Waals surface area contributed by atoms with Crippen LogP contribution in [0.5, 0.6) is 0 Å². The van der Waals surface area contributed by atoms with Crippen LogP contribution in [0.1, 0.15) is 17.0 Å². The maximum absolute atomic E-state index is 13.6. The van der Waals surface area contributed by atoms with Crippen molar-refractivity contribution in [1.82, 2.24) is 10.2 Å². The SMILES string of the molecule is CSCCN(CC(=O)O)C(=O)C(CNC(=O)OCC1c2ccccc2-c2ccccc21)C(F)(F)F. The Morgan fingerprint density at radius 1 is 1.09 bits per heavy atom. The van der Waals surface area contributed by atoms with E-state index in [4.69, 9.17) is 9.84 Å². The van der Waals surface area contributed by atoms with Crippen LogP contribution in [0.25, 0.3) is 11.1 Å².